The normalized spacial score (nSPS) is 31.5. The quantitative estimate of drug-likeness (QED) is 0.822. The van der Waals surface area contributed by atoms with E-state index in [-0.39, 0.29) is 18.3 Å². The maximum absolute atomic E-state index is 6.11. The first kappa shape index (κ1) is 15.1. The Bertz CT molecular complexity index is 853. The summed E-state index contributed by atoms with van der Waals surface area (Å²) in [4.78, 5) is 12.5. The molecule has 0 spiro atoms. The highest BCUT2D eigenvalue weighted by atomic mass is 16.8. The number of nitrogen functional groups attached to an aromatic ring is 1. The van der Waals surface area contributed by atoms with Gasteiger partial charge in [0.25, 0.3) is 0 Å². The molecule has 0 radical (unpaired) electrons. The molecule has 24 heavy (non-hydrogen) atoms. The fourth-order valence-electron chi connectivity index (χ4n) is 3.19. The molecule has 4 heterocycles. The molecule has 2 aliphatic heterocycles. The van der Waals surface area contributed by atoms with Crippen LogP contribution in [0.2, 0.25) is 0 Å². The Balaban J connectivity index is 1.75. The number of nitrogens with zero attached hydrogens (tertiary/aromatic N) is 4. The molecular formula is C16H17N5O3. The standard InChI is InChI=1S/C16H17N5O3/c1-4-5-6-9-11-12(24-16(2,3)23-11)15(22-9)21-8-20-10-13(17)18-7-19-14(10)21/h1,5-9,11-12,15H,2-3H3,(H2,17,18,19)/b6-5+/t9-,11-,12-,15-/m1/s1. The highest BCUT2D eigenvalue weighted by Gasteiger charge is 2.55. The lowest BCUT2D eigenvalue weighted by atomic mass is 10.1. The van der Waals surface area contributed by atoms with E-state index in [2.05, 4.69) is 20.9 Å². The highest BCUT2D eigenvalue weighted by Crippen LogP contribution is 2.44. The third kappa shape index (κ3) is 2.26. The predicted octanol–water partition coefficient (Wildman–Crippen LogP) is 1.02. The third-order valence-electron chi connectivity index (χ3n) is 4.11. The second kappa shape index (κ2) is 5.27. The first-order valence-electron chi connectivity index (χ1n) is 7.57. The third-order valence-corrected chi connectivity index (χ3v) is 4.11. The number of ether oxygens (including phenoxy) is 3. The SMILES string of the molecule is C#C/C=C/[C@H]1O[C@@H](n2cnc3c(N)ncnc32)[C@@H]2OC(C)(C)O[C@@H]21. The fraction of sp³-hybridized carbons (Fsp3) is 0.438. The molecule has 0 amide bonds. The van der Waals surface area contributed by atoms with E-state index in [1.54, 1.807) is 23.0 Å². The molecule has 2 N–H and O–H groups in total. The zero-order valence-corrected chi connectivity index (χ0v) is 13.3. The number of anilines is 1. The van der Waals surface area contributed by atoms with Crippen LogP contribution in [-0.4, -0.2) is 43.6 Å². The number of hydrogen-bond acceptors (Lipinski definition) is 7. The fourth-order valence-corrected chi connectivity index (χ4v) is 3.19. The van der Waals surface area contributed by atoms with E-state index >= 15 is 0 Å². The van der Waals surface area contributed by atoms with Gasteiger partial charge in [0.1, 0.15) is 30.2 Å². The van der Waals surface area contributed by atoms with E-state index < -0.39 is 12.0 Å². The second-order valence-electron chi connectivity index (χ2n) is 6.16. The average Bonchev–Trinajstić information content (AvgIpc) is 3.17. The molecule has 0 aliphatic carbocycles. The Hall–Kier alpha value is -2.47. The molecule has 8 heteroatoms. The summed E-state index contributed by atoms with van der Waals surface area (Å²) < 4.78 is 19.9. The summed E-state index contributed by atoms with van der Waals surface area (Å²) in [6.07, 6.45) is 10.4. The van der Waals surface area contributed by atoms with Gasteiger partial charge in [-0.1, -0.05) is 5.92 Å². The van der Waals surface area contributed by atoms with Crippen LogP contribution >= 0.6 is 0 Å². The molecule has 0 unspecified atom stereocenters. The molecule has 0 bridgehead atoms. The van der Waals surface area contributed by atoms with Crippen LogP contribution in [0.3, 0.4) is 0 Å². The summed E-state index contributed by atoms with van der Waals surface area (Å²) in [6.45, 7) is 3.74. The number of allylic oxidation sites excluding steroid dienone is 1. The summed E-state index contributed by atoms with van der Waals surface area (Å²) in [6, 6.07) is 0. The minimum absolute atomic E-state index is 0.272. The van der Waals surface area contributed by atoms with E-state index in [4.69, 9.17) is 26.4 Å². The Kier molecular flexibility index (Phi) is 3.31. The van der Waals surface area contributed by atoms with E-state index in [0.717, 1.165) is 0 Å². The number of imidazole rings is 1. The van der Waals surface area contributed by atoms with E-state index in [9.17, 15) is 0 Å². The molecule has 2 aliphatic rings. The van der Waals surface area contributed by atoms with Gasteiger partial charge in [-0.15, -0.1) is 6.42 Å². The minimum atomic E-state index is -0.704. The van der Waals surface area contributed by atoms with Crippen molar-refractivity contribution in [1.29, 1.82) is 0 Å². The molecule has 0 aromatic carbocycles. The van der Waals surface area contributed by atoms with Crippen LogP contribution in [0.25, 0.3) is 11.2 Å². The summed E-state index contributed by atoms with van der Waals surface area (Å²) in [5.74, 6) is 2.08. The smallest absolute Gasteiger partial charge is 0.167 e. The number of fused-ring (bicyclic) bond motifs is 2. The lowest BCUT2D eigenvalue weighted by molar-refractivity contribution is -0.191. The molecule has 2 aromatic heterocycles. The van der Waals surface area contributed by atoms with Crippen LogP contribution < -0.4 is 5.73 Å². The van der Waals surface area contributed by atoms with E-state index in [0.29, 0.717) is 17.0 Å². The van der Waals surface area contributed by atoms with Gasteiger partial charge in [-0.3, -0.25) is 4.57 Å². The Labute approximate surface area is 138 Å². The van der Waals surface area contributed by atoms with E-state index in [1.807, 2.05) is 13.8 Å². The van der Waals surface area contributed by atoms with Crippen molar-refractivity contribution in [2.75, 3.05) is 5.73 Å². The zero-order chi connectivity index (χ0) is 16.9. The Morgan fingerprint density at radius 2 is 2.08 bits per heavy atom. The molecule has 4 rings (SSSR count). The van der Waals surface area contributed by atoms with Crippen molar-refractivity contribution in [3.63, 3.8) is 0 Å². The summed E-state index contributed by atoms with van der Waals surface area (Å²) >= 11 is 0. The van der Waals surface area contributed by atoms with Crippen LogP contribution in [-0.2, 0) is 14.2 Å². The van der Waals surface area contributed by atoms with Crippen molar-refractivity contribution >= 4 is 17.0 Å². The summed E-state index contributed by atoms with van der Waals surface area (Å²) in [5.41, 5.74) is 6.96. The number of terminal acetylenes is 1. The molecule has 0 saturated carbocycles. The first-order chi connectivity index (χ1) is 11.5. The van der Waals surface area contributed by atoms with Crippen molar-refractivity contribution in [3.8, 4) is 12.3 Å². The second-order valence-corrected chi connectivity index (χ2v) is 6.16. The van der Waals surface area contributed by atoms with Gasteiger partial charge in [-0.05, 0) is 26.0 Å². The molecule has 2 aromatic rings. The van der Waals surface area contributed by atoms with Crippen LogP contribution in [0.15, 0.2) is 24.8 Å². The van der Waals surface area contributed by atoms with Crippen molar-refractivity contribution in [1.82, 2.24) is 19.5 Å². The molecule has 8 nitrogen and oxygen atoms in total. The van der Waals surface area contributed by atoms with Crippen LogP contribution in [0.5, 0.6) is 0 Å². The van der Waals surface area contributed by atoms with Gasteiger partial charge in [0.15, 0.2) is 23.5 Å². The largest absolute Gasteiger partial charge is 0.382 e. The Morgan fingerprint density at radius 3 is 2.88 bits per heavy atom. The van der Waals surface area contributed by atoms with Gasteiger partial charge >= 0.3 is 0 Å². The van der Waals surface area contributed by atoms with Crippen LogP contribution in [0, 0.1) is 12.3 Å². The number of hydrogen-bond donors (Lipinski definition) is 1. The van der Waals surface area contributed by atoms with Gasteiger partial charge in [0, 0.05) is 0 Å². The maximum Gasteiger partial charge on any atom is 0.167 e. The number of nitrogens with two attached hydrogens (primary N) is 1. The monoisotopic (exact) mass is 327 g/mol. The highest BCUT2D eigenvalue weighted by molar-refractivity contribution is 5.81. The maximum atomic E-state index is 6.11. The first-order valence-corrected chi connectivity index (χ1v) is 7.57. The van der Waals surface area contributed by atoms with Crippen molar-refractivity contribution in [2.45, 2.75) is 44.2 Å². The average molecular weight is 327 g/mol. The Morgan fingerprint density at radius 1 is 1.29 bits per heavy atom. The lowest BCUT2D eigenvalue weighted by Gasteiger charge is -2.23. The minimum Gasteiger partial charge on any atom is -0.382 e. The van der Waals surface area contributed by atoms with Gasteiger partial charge < -0.3 is 19.9 Å². The van der Waals surface area contributed by atoms with Crippen molar-refractivity contribution in [2.24, 2.45) is 0 Å². The topological polar surface area (TPSA) is 97.3 Å². The van der Waals surface area contributed by atoms with Crippen molar-refractivity contribution < 1.29 is 14.2 Å². The van der Waals surface area contributed by atoms with Gasteiger partial charge in [-0.2, -0.15) is 0 Å². The predicted molar refractivity (Wildman–Crippen MR) is 85.4 cm³/mol. The summed E-state index contributed by atoms with van der Waals surface area (Å²) in [5, 5.41) is 0. The lowest BCUT2D eigenvalue weighted by Crippen LogP contribution is -2.28. The molecule has 2 saturated heterocycles. The van der Waals surface area contributed by atoms with Crippen LogP contribution in [0.4, 0.5) is 5.82 Å². The molecular weight excluding hydrogens is 310 g/mol. The number of aromatic nitrogens is 4. The van der Waals surface area contributed by atoms with Crippen LogP contribution in [0.1, 0.15) is 20.1 Å². The number of rotatable bonds is 2. The summed E-state index contributed by atoms with van der Waals surface area (Å²) in [7, 11) is 0. The molecule has 124 valence electrons. The molecule has 2 fully saturated rings. The van der Waals surface area contributed by atoms with Gasteiger partial charge in [-0.25, -0.2) is 15.0 Å². The zero-order valence-electron chi connectivity index (χ0n) is 13.3. The van der Waals surface area contributed by atoms with Crippen molar-refractivity contribution in [3.05, 3.63) is 24.8 Å². The van der Waals surface area contributed by atoms with E-state index in [1.165, 1.54) is 6.33 Å². The van der Waals surface area contributed by atoms with Gasteiger partial charge in [0.05, 0.1) is 6.33 Å². The molecule has 4 atom stereocenters. The van der Waals surface area contributed by atoms with Gasteiger partial charge in [0.2, 0.25) is 0 Å².